The number of halogens is 1. The lowest BCUT2D eigenvalue weighted by atomic mass is 10.1. The standard InChI is InChI=1S/C13H14BrNO2/c1-8-9(6-16)2-3-12(14)13(8)15-5-11-4-10(15)7-17-11/h2-3,6,10-11H,4-5,7H2,1H3/t10-,11-/m1/s1. The third-order valence-corrected chi connectivity index (χ3v) is 4.38. The van der Waals surface area contributed by atoms with Crippen LogP contribution in [-0.4, -0.2) is 31.6 Å². The van der Waals surface area contributed by atoms with Crippen LogP contribution in [0.25, 0.3) is 0 Å². The Kier molecular flexibility index (Phi) is 2.71. The zero-order valence-corrected chi connectivity index (χ0v) is 11.2. The summed E-state index contributed by atoms with van der Waals surface area (Å²) < 4.78 is 6.68. The molecule has 0 N–H and O–H groups in total. The molecule has 0 spiro atoms. The van der Waals surface area contributed by atoms with Gasteiger partial charge in [-0.15, -0.1) is 0 Å². The predicted molar refractivity (Wildman–Crippen MR) is 69.8 cm³/mol. The van der Waals surface area contributed by atoms with E-state index >= 15 is 0 Å². The fourth-order valence-corrected chi connectivity index (χ4v) is 3.49. The van der Waals surface area contributed by atoms with Crippen molar-refractivity contribution in [1.29, 1.82) is 0 Å². The lowest BCUT2D eigenvalue weighted by Gasteiger charge is -2.31. The van der Waals surface area contributed by atoms with E-state index in [1.807, 2.05) is 19.1 Å². The van der Waals surface area contributed by atoms with Crippen molar-refractivity contribution in [3.63, 3.8) is 0 Å². The Morgan fingerprint density at radius 1 is 1.53 bits per heavy atom. The molecule has 0 saturated carbocycles. The van der Waals surface area contributed by atoms with Gasteiger partial charge in [0.25, 0.3) is 0 Å². The zero-order valence-electron chi connectivity index (χ0n) is 9.65. The Bertz CT molecular complexity index is 475. The van der Waals surface area contributed by atoms with Gasteiger partial charge in [0.15, 0.2) is 0 Å². The van der Waals surface area contributed by atoms with E-state index < -0.39 is 0 Å². The van der Waals surface area contributed by atoms with E-state index in [1.165, 1.54) is 0 Å². The van der Waals surface area contributed by atoms with Gasteiger partial charge >= 0.3 is 0 Å². The van der Waals surface area contributed by atoms with E-state index in [-0.39, 0.29) is 0 Å². The highest BCUT2D eigenvalue weighted by atomic mass is 79.9. The number of hydrogen-bond acceptors (Lipinski definition) is 3. The normalized spacial score (nSPS) is 26.6. The van der Waals surface area contributed by atoms with Crippen LogP contribution in [0.1, 0.15) is 22.3 Å². The third kappa shape index (κ3) is 1.70. The molecule has 0 aliphatic carbocycles. The molecule has 2 aliphatic rings. The fourth-order valence-electron chi connectivity index (χ4n) is 2.84. The van der Waals surface area contributed by atoms with Crippen molar-refractivity contribution >= 4 is 27.9 Å². The topological polar surface area (TPSA) is 29.5 Å². The van der Waals surface area contributed by atoms with Gasteiger partial charge in [-0.3, -0.25) is 4.79 Å². The Morgan fingerprint density at radius 3 is 2.94 bits per heavy atom. The maximum absolute atomic E-state index is 11.0. The summed E-state index contributed by atoms with van der Waals surface area (Å²) in [7, 11) is 0. The summed E-state index contributed by atoms with van der Waals surface area (Å²) in [5.74, 6) is 0. The van der Waals surface area contributed by atoms with Crippen LogP contribution in [0.15, 0.2) is 16.6 Å². The smallest absolute Gasteiger partial charge is 0.150 e. The SMILES string of the molecule is Cc1c(C=O)ccc(Br)c1N1C[C@H]2C[C@@H]1CO2. The van der Waals surface area contributed by atoms with Crippen molar-refractivity contribution in [2.45, 2.75) is 25.5 Å². The van der Waals surface area contributed by atoms with Gasteiger partial charge in [0.1, 0.15) is 6.29 Å². The van der Waals surface area contributed by atoms with E-state index in [4.69, 9.17) is 4.74 Å². The van der Waals surface area contributed by atoms with Gasteiger partial charge in [-0.1, -0.05) is 6.07 Å². The summed E-state index contributed by atoms with van der Waals surface area (Å²) in [6, 6.07) is 4.29. The minimum atomic E-state index is 0.367. The molecular weight excluding hydrogens is 282 g/mol. The number of carbonyl (C=O) groups excluding carboxylic acids is 1. The number of carbonyl (C=O) groups is 1. The van der Waals surface area contributed by atoms with E-state index in [9.17, 15) is 4.79 Å². The molecule has 0 aromatic heterocycles. The summed E-state index contributed by atoms with van der Waals surface area (Å²) in [5.41, 5.74) is 2.99. The lowest BCUT2D eigenvalue weighted by Crippen LogP contribution is -2.37. The number of anilines is 1. The molecule has 1 aromatic rings. The van der Waals surface area contributed by atoms with Gasteiger partial charge in [-0.05, 0) is 40.9 Å². The number of benzene rings is 1. The van der Waals surface area contributed by atoms with Gasteiger partial charge < -0.3 is 9.64 Å². The maximum Gasteiger partial charge on any atom is 0.150 e. The van der Waals surface area contributed by atoms with E-state index in [1.54, 1.807) is 0 Å². The molecule has 90 valence electrons. The van der Waals surface area contributed by atoms with Crippen molar-refractivity contribution in [3.8, 4) is 0 Å². The molecule has 2 bridgehead atoms. The second-order valence-electron chi connectivity index (χ2n) is 4.73. The average Bonchev–Trinajstić information content (AvgIpc) is 2.91. The summed E-state index contributed by atoms with van der Waals surface area (Å²) in [6.45, 7) is 3.75. The molecule has 2 fully saturated rings. The summed E-state index contributed by atoms with van der Waals surface area (Å²) in [4.78, 5) is 13.4. The van der Waals surface area contributed by atoms with Crippen molar-refractivity contribution in [2.24, 2.45) is 0 Å². The molecule has 17 heavy (non-hydrogen) atoms. The monoisotopic (exact) mass is 295 g/mol. The quantitative estimate of drug-likeness (QED) is 0.786. The molecule has 1 aromatic carbocycles. The van der Waals surface area contributed by atoms with Crippen molar-refractivity contribution in [2.75, 3.05) is 18.1 Å². The zero-order chi connectivity index (χ0) is 12.0. The second kappa shape index (κ2) is 4.10. The first-order valence-electron chi connectivity index (χ1n) is 5.83. The van der Waals surface area contributed by atoms with E-state index in [0.29, 0.717) is 12.1 Å². The van der Waals surface area contributed by atoms with E-state index in [0.717, 1.165) is 47.1 Å². The van der Waals surface area contributed by atoms with Gasteiger partial charge in [0, 0.05) is 16.6 Å². The molecule has 2 atom stereocenters. The molecule has 3 rings (SSSR count). The van der Waals surface area contributed by atoms with Gasteiger partial charge in [0.2, 0.25) is 0 Å². The average molecular weight is 296 g/mol. The minimum Gasteiger partial charge on any atom is -0.374 e. The first-order valence-corrected chi connectivity index (χ1v) is 6.62. The van der Waals surface area contributed by atoms with Crippen LogP contribution in [0, 0.1) is 6.92 Å². The highest BCUT2D eigenvalue weighted by molar-refractivity contribution is 9.10. The van der Waals surface area contributed by atoms with Crippen LogP contribution in [0.3, 0.4) is 0 Å². The molecule has 0 amide bonds. The number of aldehydes is 1. The number of ether oxygens (including phenoxy) is 1. The Balaban J connectivity index is 2.05. The number of fused-ring (bicyclic) bond motifs is 2. The molecule has 4 heteroatoms. The van der Waals surface area contributed by atoms with Crippen LogP contribution in [0.4, 0.5) is 5.69 Å². The number of rotatable bonds is 2. The Labute approximate surface area is 109 Å². The Hall–Kier alpha value is -0.870. The van der Waals surface area contributed by atoms with E-state index in [2.05, 4.69) is 20.8 Å². The summed E-state index contributed by atoms with van der Waals surface area (Å²) in [5, 5.41) is 0. The molecular formula is C13H14BrNO2. The van der Waals surface area contributed by atoms with Crippen molar-refractivity contribution in [1.82, 2.24) is 0 Å². The number of morpholine rings is 1. The van der Waals surface area contributed by atoms with Crippen LogP contribution >= 0.6 is 15.9 Å². The summed E-state index contributed by atoms with van der Waals surface area (Å²) >= 11 is 3.59. The Morgan fingerprint density at radius 2 is 2.35 bits per heavy atom. The van der Waals surface area contributed by atoms with Crippen LogP contribution < -0.4 is 4.90 Å². The second-order valence-corrected chi connectivity index (χ2v) is 5.58. The molecule has 2 aliphatic heterocycles. The predicted octanol–water partition coefficient (Wildman–Crippen LogP) is 2.55. The first kappa shape index (κ1) is 11.2. The van der Waals surface area contributed by atoms with Gasteiger partial charge in [0.05, 0.1) is 24.4 Å². The molecule has 0 unspecified atom stereocenters. The minimum absolute atomic E-state index is 0.367. The number of hydrogen-bond donors (Lipinski definition) is 0. The fraction of sp³-hybridized carbons (Fsp3) is 0.462. The van der Waals surface area contributed by atoms with Crippen LogP contribution in [-0.2, 0) is 4.74 Å². The molecule has 2 heterocycles. The van der Waals surface area contributed by atoms with Crippen LogP contribution in [0.5, 0.6) is 0 Å². The highest BCUT2D eigenvalue weighted by Gasteiger charge is 2.40. The van der Waals surface area contributed by atoms with Crippen molar-refractivity contribution in [3.05, 3.63) is 27.7 Å². The largest absolute Gasteiger partial charge is 0.374 e. The number of nitrogens with zero attached hydrogens (tertiary/aromatic N) is 1. The highest BCUT2D eigenvalue weighted by Crippen LogP contribution is 2.39. The molecule has 2 saturated heterocycles. The third-order valence-electron chi connectivity index (χ3n) is 3.74. The van der Waals surface area contributed by atoms with Crippen molar-refractivity contribution < 1.29 is 9.53 Å². The van der Waals surface area contributed by atoms with Gasteiger partial charge in [-0.2, -0.15) is 0 Å². The summed E-state index contributed by atoms with van der Waals surface area (Å²) in [6.07, 6.45) is 2.40. The van der Waals surface area contributed by atoms with Gasteiger partial charge in [-0.25, -0.2) is 0 Å². The molecule has 0 radical (unpaired) electrons. The lowest BCUT2D eigenvalue weighted by molar-refractivity contribution is 0.0990. The molecule has 3 nitrogen and oxygen atoms in total. The maximum atomic E-state index is 11.0. The first-order chi connectivity index (χ1) is 8.20. The van der Waals surface area contributed by atoms with Crippen LogP contribution in [0.2, 0.25) is 0 Å².